The number of benzene rings is 1. The maximum absolute atomic E-state index is 12.6. The van der Waals surface area contributed by atoms with Crippen molar-refractivity contribution in [3.05, 3.63) is 48.4 Å². The average molecular weight is 299 g/mol. The molecule has 0 atom stereocenters. The molecule has 6 nitrogen and oxygen atoms in total. The van der Waals surface area contributed by atoms with Crippen molar-refractivity contribution in [2.75, 3.05) is 13.1 Å². The fourth-order valence-corrected chi connectivity index (χ4v) is 2.17. The molecule has 1 heterocycles. The summed E-state index contributed by atoms with van der Waals surface area (Å²) >= 11 is 0. The number of carbonyl (C=O) groups is 2. The van der Waals surface area contributed by atoms with E-state index in [1.165, 1.54) is 17.4 Å². The predicted octanol–water partition coefficient (Wildman–Crippen LogP) is 2.08. The maximum Gasteiger partial charge on any atom is 0.323 e. The lowest BCUT2D eigenvalue weighted by atomic mass is 10.1. The van der Waals surface area contributed by atoms with Crippen molar-refractivity contribution >= 4 is 11.9 Å². The van der Waals surface area contributed by atoms with Crippen LogP contribution in [0.25, 0.3) is 11.3 Å². The SMILES string of the molecule is CCCN(CC(=O)O)C(=O)c1cncnc1-c1ccccc1. The van der Waals surface area contributed by atoms with E-state index in [2.05, 4.69) is 9.97 Å². The number of hydrogen-bond acceptors (Lipinski definition) is 4. The Hall–Kier alpha value is -2.76. The van der Waals surface area contributed by atoms with E-state index in [-0.39, 0.29) is 12.5 Å². The summed E-state index contributed by atoms with van der Waals surface area (Å²) in [6.07, 6.45) is 3.48. The number of carboxylic acids is 1. The van der Waals surface area contributed by atoms with Crippen molar-refractivity contribution in [1.82, 2.24) is 14.9 Å². The summed E-state index contributed by atoms with van der Waals surface area (Å²) in [6, 6.07) is 9.28. The summed E-state index contributed by atoms with van der Waals surface area (Å²) in [7, 11) is 0. The van der Waals surface area contributed by atoms with E-state index in [1.807, 2.05) is 37.3 Å². The lowest BCUT2D eigenvalue weighted by Gasteiger charge is -2.20. The van der Waals surface area contributed by atoms with Gasteiger partial charge in [-0.15, -0.1) is 0 Å². The fourth-order valence-electron chi connectivity index (χ4n) is 2.17. The average Bonchev–Trinajstić information content (AvgIpc) is 2.54. The van der Waals surface area contributed by atoms with Crippen LogP contribution in [-0.2, 0) is 4.79 Å². The highest BCUT2D eigenvalue weighted by Crippen LogP contribution is 2.21. The van der Waals surface area contributed by atoms with Gasteiger partial charge >= 0.3 is 5.97 Å². The summed E-state index contributed by atoms with van der Waals surface area (Å²) in [5.74, 6) is -1.41. The van der Waals surface area contributed by atoms with Crippen LogP contribution < -0.4 is 0 Å². The van der Waals surface area contributed by atoms with Gasteiger partial charge in [0.25, 0.3) is 5.91 Å². The van der Waals surface area contributed by atoms with E-state index in [1.54, 1.807) is 0 Å². The fraction of sp³-hybridized carbons (Fsp3) is 0.250. The molecular formula is C16H17N3O3. The quantitative estimate of drug-likeness (QED) is 0.883. The minimum atomic E-state index is -1.04. The molecule has 0 bridgehead atoms. The number of nitrogens with zero attached hydrogens (tertiary/aromatic N) is 3. The normalized spacial score (nSPS) is 10.2. The molecule has 1 aromatic carbocycles. The third-order valence-electron chi connectivity index (χ3n) is 3.10. The number of carboxylic acid groups (broad SMARTS) is 1. The van der Waals surface area contributed by atoms with Gasteiger partial charge < -0.3 is 10.0 Å². The molecule has 0 aliphatic rings. The third kappa shape index (κ3) is 3.66. The summed E-state index contributed by atoms with van der Waals surface area (Å²) in [4.78, 5) is 33.0. The van der Waals surface area contributed by atoms with Gasteiger partial charge in [-0.3, -0.25) is 9.59 Å². The van der Waals surface area contributed by atoms with Gasteiger partial charge in [-0.05, 0) is 6.42 Å². The molecule has 1 aromatic heterocycles. The van der Waals surface area contributed by atoms with Crippen molar-refractivity contribution in [2.24, 2.45) is 0 Å². The first kappa shape index (κ1) is 15.6. The van der Waals surface area contributed by atoms with Crippen molar-refractivity contribution in [3.63, 3.8) is 0 Å². The summed E-state index contributed by atoms with van der Waals surface area (Å²) in [5, 5.41) is 8.97. The van der Waals surface area contributed by atoms with Crippen LogP contribution in [0.3, 0.4) is 0 Å². The maximum atomic E-state index is 12.6. The molecule has 0 spiro atoms. The number of aromatic nitrogens is 2. The monoisotopic (exact) mass is 299 g/mol. The molecule has 0 aliphatic heterocycles. The molecule has 0 aliphatic carbocycles. The number of amides is 1. The standard InChI is InChI=1S/C16H17N3O3/c1-2-8-19(10-14(20)21)16(22)13-9-17-11-18-15(13)12-6-4-3-5-7-12/h3-7,9,11H,2,8,10H2,1H3,(H,20,21). The Bertz CT molecular complexity index is 659. The minimum absolute atomic E-state index is 0.309. The van der Waals surface area contributed by atoms with Crippen LogP contribution in [0.15, 0.2) is 42.9 Å². The van der Waals surface area contributed by atoms with Crippen molar-refractivity contribution < 1.29 is 14.7 Å². The molecule has 2 rings (SSSR count). The van der Waals surface area contributed by atoms with E-state index in [0.717, 1.165) is 5.56 Å². The Morgan fingerprint density at radius 3 is 2.59 bits per heavy atom. The molecule has 22 heavy (non-hydrogen) atoms. The first-order valence-electron chi connectivity index (χ1n) is 7.00. The van der Waals surface area contributed by atoms with Gasteiger partial charge in [-0.25, -0.2) is 9.97 Å². The van der Waals surface area contributed by atoms with Gasteiger partial charge in [0.05, 0.1) is 11.3 Å². The van der Waals surface area contributed by atoms with Gasteiger partial charge in [0.2, 0.25) is 0 Å². The second-order valence-electron chi connectivity index (χ2n) is 4.77. The first-order chi connectivity index (χ1) is 10.6. The van der Waals surface area contributed by atoms with E-state index >= 15 is 0 Å². The van der Waals surface area contributed by atoms with E-state index < -0.39 is 5.97 Å². The smallest absolute Gasteiger partial charge is 0.323 e. The molecule has 0 saturated carbocycles. The van der Waals surface area contributed by atoms with Gasteiger partial charge in [0.1, 0.15) is 12.9 Å². The van der Waals surface area contributed by atoms with Crippen LogP contribution in [0.2, 0.25) is 0 Å². The lowest BCUT2D eigenvalue weighted by Crippen LogP contribution is -2.36. The zero-order chi connectivity index (χ0) is 15.9. The largest absolute Gasteiger partial charge is 0.480 e. The molecule has 1 amide bonds. The van der Waals surface area contributed by atoms with E-state index in [9.17, 15) is 9.59 Å². The van der Waals surface area contributed by atoms with E-state index in [4.69, 9.17) is 5.11 Å². The zero-order valence-corrected chi connectivity index (χ0v) is 12.3. The molecule has 114 valence electrons. The molecular weight excluding hydrogens is 282 g/mol. The molecule has 0 saturated heterocycles. The second-order valence-corrected chi connectivity index (χ2v) is 4.77. The van der Waals surface area contributed by atoms with Crippen LogP contribution in [0.5, 0.6) is 0 Å². The zero-order valence-electron chi connectivity index (χ0n) is 12.3. The molecule has 0 radical (unpaired) electrons. The molecule has 0 fully saturated rings. The Kier molecular flexibility index (Phi) is 5.19. The van der Waals surface area contributed by atoms with Crippen LogP contribution in [0, 0.1) is 0 Å². The van der Waals surface area contributed by atoms with Gasteiger partial charge in [-0.2, -0.15) is 0 Å². The molecule has 0 unspecified atom stereocenters. The number of aliphatic carboxylic acids is 1. The Labute approximate surface area is 128 Å². The Morgan fingerprint density at radius 2 is 1.95 bits per heavy atom. The number of rotatable bonds is 6. The van der Waals surface area contributed by atoms with Crippen LogP contribution in [0.4, 0.5) is 0 Å². The number of hydrogen-bond donors (Lipinski definition) is 1. The summed E-state index contributed by atoms with van der Waals surface area (Å²) < 4.78 is 0. The predicted molar refractivity (Wildman–Crippen MR) is 81.3 cm³/mol. The van der Waals surface area contributed by atoms with Gasteiger partial charge in [0.15, 0.2) is 0 Å². The Morgan fingerprint density at radius 1 is 1.23 bits per heavy atom. The highest BCUT2D eigenvalue weighted by molar-refractivity contribution is 6.00. The molecule has 2 aromatic rings. The summed E-state index contributed by atoms with van der Waals surface area (Å²) in [5.41, 5.74) is 1.61. The second kappa shape index (κ2) is 7.31. The third-order valence-corrected chi connectivity index (χ3v) is 3.10. The van der Waals surface area contributed by atoms with E-state index in [0.29, 0.717) is 24.2 Å². The number of carbonyl (C=O) groups excluding carboxylic acids is 1. The highest BCUT2D eigenvalue weighted by atomic mass is 16.4. The highest BCUT2D eigenvalue weighted by Gasteiger charge is 2.22. The van der Waals surface area contributed by atoms with Crippen molar-refractivity contribution in [1.29, 1.82) is 0 Å². The van der Waals surface area contributed by atoms with Crippen molar-refractivity contribution in [2.45, 2.75) is 13.3 Å². The summed E-state index contributed by atoms with van der Waals surface area (Å²) in [6.45, 7) is 1.92. The minimum Gasteiger partial charge on any atom is -0.480 e. The molecule has 6 heteroatoms. The topological polar surface area (TPSA) is 83.4 Å². The van der Waals surface area contributed by atoms with Crippen LogP contribution >= 0.6 is 0 Å². The van der Waals surface area contributed by atoms with Crippen molar-refractivity contribution in [3.8, 4) is 11.3 Å². The lowest BCUT2D eigenvalue weighted by molar-refractivity contribution is -0.137. The Balaban J connectivity index is 2.39. The van der Waals surface area contributed by atoms with Crippen LogP contribution in [-0.4, -0.2) is 44.9 Å². The van der Waals surface area contributed by atoms with Gasteiger partial charge in [0, 0.05) is 18.3 Å². The van der Waals surface area contributed by atoms with Crippen LogP contribution in [0.1, 0.15) is 23.7 Å². The van der Waals surface area contributed by atoms with Gasteiger partial charge in [-0.1, -0.05) is 37.3 Å². The first-order valence-corrected chi connectivity index (χ1v) is 7.00. The molecule has 1 N–H and O–H groups in total.